The molecule has 17 heavy (non-hydrogen) atoms. The first kappa shape index (κ1) is 30.7. The van der Waals surface area contributed by atoms with Gasteiger partial charge >= 0.3 is 18.9 Å². The van der Waals surface area contributed by atoms with E-state index >= 15 is 0 Å². The van der Waals surface area contributed by atoms with Gasteiger partial charge in [-0.3, -0.25) is 0 Å². The van der Waals surface area contributed by atoms with E-state index in [2.05, 4.69) is 0 Å². The first-order valence-corrected chi connectivity index (χ1v) is 5.64. The molecule has 0 saturated heterocycles. The zero-order chi connectivity index (χ0) is 13.5. The van der Waals surface area contributed by atoms with Crippen molar-refractivity contribution in [2.45, 2.75) is 0 Å². The standard InChI is InChI=1S/3ClHO4.Li.H2O/c3*2-1(3,4)5;;/h3*(H,2,3,4,5);;1H2/q;;;+1;/p-1. The van der Waals surface area contributed by atoms with E-state index in [4.69, 9.17) is 55.9 Å². The largest absolute Gasteiger partial charge is 1.00 e. The Morgan fingerprint density at radius 1 is 0.529 bits per heavy atom. The Hall–Kier alpha value is 0.947. The van der Waals surface area contributed by atoms with Crippen LogP contribution >= 0.6 is 0 Å². The number of hydrogen-bond acceptors (Lipinski definition) is 12. The van der Waals surface area contributed by atoms with Crippen LogP contribution in [0.5, 0.6) is 0 Å². The molecular formula is H4Cl3LiO13. The predicted molar refractivity (Wildman–Crippen MR) is 8.05 cm³/mol. The number of rotatable bonds is 0. The van der Waals surface area contributed by atoms with E-state index in [1.54, 1.807) is 0 Å². The predicted octanol–water partition coefficient (Wildman–Crippen LogP) is -16.8. The maximum Gasteiger partial charge on any atom is 1.00 e. The van der Waals surface area contributed by atoms with E-state index in [1.807, 2.05) is 0 Å². The van der Waals surface area contributed by atoms with Gasteiger partial charge in [0.25, 0.3) is 0 Å². The van der Waals surface area contributed by atoms with Crippen LogP contribution in [0.2, 0.25) is 0 Å². The van der Waals surface area contributed by atoms with E-state index < -0.39 is 30.7 Å². The molecule has 0 aromatic rings. The van der Waals surface area contributed by atoms with Crippen molar-refractivity contribution < 1.29 is 111 Å². The SMILES string of the molecule is O.[Li+].[O-][Cl+3]([O-])([O-])O.[O-][Cl+3]([O-])([O-])O.[O-][Cl+3]([O-])([O-])[O-]. The third-order valence-corrected chi connectivity index (χ3v) is 0. The fraction of sp³-hybridized carbons (Fsp3) is 0. The molecule has 0 aliphatic heterocycles. The average Bonchev–Trinajstić information content (AvgIpc) is 1.41. The van der Waals surface area contributed by atoms with Crippen molar-refractivity contribution in [3.63, 3.8) is 0 Å². The Kier molecular flexibility index (Phi) is 21.7. The van der Waals surface area contributed by atoms with E-state index in [9.17, 15) is 0 Å². The van der Waals surface area contributed by atoms with Gasteiger partial charge in [-0.1, -0.05) is 0 Å². The van der Waals surface area contributed by atoms with Crippen molar-refractivity contribution in [2.75, 3.05) is 0 Å². The Balaban J connectivity index is -0.0000000400. The summed E-state index contributed by atoms with van der Waals surface area (Å²) in [5.41, 5.74) is 0. The molecule has 17 heteroatoms. The van der Waals surface area contributed by atoms with Crippen LogP contribution in [0.4, 0.5) is 0 Å². The van der Waals surface area contributed by atoms with Crippen LogP contribution in [0.15, 0.2) is 0 Å². The van der Waals surface area contributed by atoms with Crippen molar-refractivity contribution in [2.24, 2.45) is 0 Å². The Labute approximate surface area is 111 Å². The molecule has 13 nitrogen and oxygen atoms in total. The van der Waals surface area contributed by atoms with Gasteiger partial charge in [0, 0.05) is 0 Å². The van der Waals surface area contributed by atoms with Gasteiger partial charge in [-0.2, -0.15) is 28.0 Å². The molecule has 0 amide bonds. The van der Waals surface area contributed by atoms with E-state index in [1.165, 1.54) is 0 Å². The minimum Gasteiger partial charge on any atom is -0.412 e. The second-order valence-corrected chi connectivity index (χ2v) is 3.51. The molecule has 0 rings (SSSR count). The van der Waals surface area contributed by atoms with Gasteiger partial charge < -0.3 is 5.48 Å². The molecule has 0 saturated carbocycles. The van der Waals surface area contributed by atoms with Gasteiger partial charge in [0.15, 0.2) is 0 Å². The average molecular weight is 325 g/mol. The molecule has 0 aliphatic rings. The van der Waals surface area contributed by atoms with Crippen molar-refractivity contribution in [3.8, 4) is 0 Å². The fourth-order valence-corrected chi connectivity index (χ4v) is 0. The zero-order valence-electron chi connectivity index (χ0n) is 7.61. The minimum absolute atomic E-state index is 0. The Morgan fingerprint density at radius 2 is 0.529 bits per heavy atom. The summed E-state index contributed by atoms with van der Waals surface area (Å²) in [6.07, 6.45) is 0. The maximum atomic E-state index is 8.60. The van der Waals surface area contributed by atoms with Crippen LogP contribution in [-0.4, -0.2) is 14.8 Å². The topological polar surface area (TPSA) is 303 Å². The van der Waals surface area contributed by atoms with Crippen LogP contribution in [0, 0.1) is 30.7 Å². The third-order valence-electron chi connectivity index (χ3n) is 0. The van der Waals surface area contributed by atoms with Gasteiger partial charge in [-0.05, 0) is 0 Å². The normalized spacial score (nSPS) is 10.6. The van der Waals surface area contributed by atoms with Gasteiger partial charge in [-0.25, -0.2) is 18.6 Å². The van der Waals surface area contributed by atoms with Crippen molar-refractivity contribution >= 4 is 0 Å². The van der Waals surface area contributed by atoms with Crippen LogP contribution < -0.4 is 65.5 Å². The second-order valence-electron chi connectivity index (χ2n) is 1.17. The first-order chi connectivity index (χ1) is 6.00. The quantitative estimate of drug-likeness (QED) is 0.392. The zero-order valence-corrected chi connectivity index (χ0v) is 9.88. The molecule has 0 radical (unpaired) electrons. The third kappa shape index (κ3) is 4220. The van der Waals surface area contributed by atoms with Gasteiger partial charge in [0.1, 0.15) is 0 Å². The summed E-state index contributed by atoms with van der Waals surface area (Å²) in [6, 6.07) is 0. The summed E-state index contributed by atoms with van der Waals surface area (Å²) in [5, 5.41) is 0. The second kappa shape index (κ2) is 12.0. The summed E-state index contributed by atoms with van der Waals surface area (Å²) >= 11 is 0. The molecule has 0 fully saturated rings. The van der Waals surface area contributed by atoms with Crippen LogP contribution in [0.3, 0.4) is 0 Å². The molecular weight excluding hydrogens is 321 g/mol. The molecule has 0 aromatic heterocycles. The molecule has 4 N–H and O–H groups in total. The summed E-state index contributed by atoms with van der Waals surface area (Å²) in [7, 11) is -14.3. The van der Waals surface area contributed by atoms with Gasteiger partial charge in [0.2, 0.25) is 0 Å². The molecule has 0 aliphatic carbocycles. The van der Waals surface area contributed by atoms with E-state index in [0.717, 1.165) is 0 Å². The molecule has 0 bridgehead atoms. The fourth-order valence-electron chi connectivity index (χ4n) is 0. The van der Waals surface area contributed by atoms with Gasteiger partial charge in [-0.15, -0.1) is 10.2 Å². The Bertz CT molecular complexity index is 91.7. The van der Waals surface area contributed by atoms with Crippen LogP contribution in [0.1, 0.15) is 0 Å². The summed E-state index contributed by atoms with van der Waals surface area (Å²) in [6.45, 7) is 0. The molecule has 0 heterocycles. The molecule has 0 unspecified atom stereocenters. The van der Waals surface area contributed by atoms with E-state index in [-0.39, 0.29) is 24.3 Å². The Morgan fingerprint density at radius 3 is 0.529 bits per heavy atom. The van der Waals surface area contributed by atoms with E-state index in [0.29, 0.717) is 0 Å². The smallest absolute Gasteiger partial charge is 0.412 e. The number of hydrogen-bond donors (Lipinski definition) is 2. The number of halogens is 3. The van der Waals surface area contributed by atoms with Crippen molar-refractivity contribution in [1.82, 2.24) is 0 Å². The molecule has 0 aromatic carbocycles. The summed E-state index contributed by atoms with van der Waals surface area (Å²) in [4.78, 5) is 0. The van der Waals surface area contributed by atoms with Crippen LogP contribution in [0.25, 0.3) is 0 Å². The molecule has 0 atom stereocenters. The summed E-state index contributed by atoms with van der Waals surface area (Å²) < 4.78 is 99.4. The molecule has 104 valence electrons. The van der Waals surface area contributed by atoms with Gasteiger partial charge in [0.05, 0.1) is 29.8 Å². The van der Waals surface area contributed by atoms with Crippen molar-refractivity contribution in [3.05, 3.63) is 0 Å². The van der Waals surface area contributed by atoms with Crippen LogP contribution in [-0.2, 0) is 0 Å². The minimum atomic E-state index is -4.94. The summed E-state index contributed by atoms with van der Waals surface area (Å²) in [5.74, 6) is 0. The maximum absolute atomic E-state index is 8.60. The monoisotopic (exact) mass is 324 g/mol. The molecule has 0 spiro atoms. The first-order valence-electron chi connectivity index (χ1n) is 1.88. The van der Waals surface area contributed by atoms with Crippen molar-refractivity contribution in [1.29, 1.82) is 0 Å².